The molecule has 0 spiro atoms. The molecule has 0 aliphatic heterocycles. The Bertz CT molecular complexity index is 257. The van der Waals surface area contributed by atoms with Gasteiger partial charge in [0, 0.05) is 0 Å². The van der Waals surface area contributed by atoms with Crippen LogP contribution in [0.4, 0.5) is 0 Å². The number of hydrogen-bond donors (Lipinski definition) is 1. The number of carbonyl (C=O) groups excluding carboxylic acids is 1. The van der Waals surface area contributed by atoms with Crippen LogP contribution in [-0.4, -0.2) is 22.8 Å². The number of aliphatic hydroxyl groups is 1. The van der Waals surface area contributed by atoms with Gasteiger partial charge in [0.25, 0.3) is 0 Å². The van der Waals surface area contributed by atoms with E-state index in [4.69, 9.17) is 0 Å². The van der Waals surface area contributed by atoms with Gasteiger partial charge in [0.15, 0.2) is 0 Å². The van der Waals surface area contributed by atoms with E-state index in [9.17, 15) is 9.90 Å². The van der Waals surface area contributed by atoms with Crippen LogP contribution in [-0.2, 0) is 4.79 Å². The van der Waals surface area contributed by atoms with Crippen LogP contribution < -0.4 is 0 Å². The van der Waals surface area contributed by atoms with E-state index in [2.05, 4.69) is 4.99 Å². The molecule has 84 valence electrons. The molecule has 2 rings (SSSR count). The van der Waals surface area contributed by atoms with Crippen LogP contribution in [0.1, 0.15) is 51.4 Å². The predicted molar refractivity (Wildman–Crippen MR) is 57.3 cm³/mol. The van der Waals surface area contributed by atoms with Crippen molar-refractivity contribution in [3.8, 4) is 0 Å². The van der Waals surface area contributed by atoms with Gasteiger partial charge in [-0.3, -0.25) is 0 Å². The molecule has 0 heterocycles. The summed E-state index contributed by atoms with van der Waals surface area (Å²) in [7, 11) is 0. The van der Waals surface area contributed by atoms with Crippen molar-refractivity contribution < 1.29 is 9.90 Å². The highest BCUT2D eigenvalue weighted by Crippen LogP contribution is 2.46. The van der Waals surface area contributed by atoms with E-state index in [1.165, 1.54) is 25.7 Å². The van der Waals surface area contributed by atoms with Crippen LogP contribution in [0.15, 0.2) is 4.99 Å². The molecular weight excluding hydrogens is 190 g/mol. The molecule has 0 aromatic rings. The van der Waals surface area contributed by atoms with Crippen molar-refractivity contribution in [2.75, 3.05) is 0 Å². The quantitative estimate of drug-likeness (QED) is 0.430. The highest BCUT2D eigenvalue weighted by atomic mass is 16.3. The normalized spacial score (nSPS) is 37.5. The summed E-state index contributed by atoms with van der Waals surface area (Å²) < 4.78 is 0. The molecular formula is C12H19NO2. The zero-order valence-corrected chi connectivity index (χ0v) is 9.11. The van der Waals surface area contributed by atoms with E-state index in [1.807, 2.05) is 0 Å². The van der Waals surface area contributed by atoms with Gasteiger partial charge >= 0.3 is 0 Å². The SMILES string of the molecule is O=C=NC1(C2CCCCCC2)CC(O)C1. The van der Waals surface area contributed by atoms with E-state index in [0.29, 0.717) is 18.8 Å². The lowest BCUT2D eigenvalue weighted by molar-refractivity contribution is -0.0107. The van der Waals surface area contributed by atoms with Crippen LogP contribution in [0.3, 0.4) is 0 Å². The molecule has 2 fully saturated rings. The van der Waals surface area contributed by atoms with Crippen LogP contribution in [0.2, 0.25) is 0 Å². The Morgan fingerprint density at radius 3 is 2.20 bits per heavy atom. The molecule has 0 aromatic heterocycles. The molecule has 2 aliphatic rings. The van der Waals surface area contributed by atoms with Gasteiger partial charge in [-0.1, -0.05) is 25.7 Å². The molecule has 2 saturated carbocycles. The van der Waals surface area contributed by atoms with Crippen LogP contribution in [0.25, 0.3) is 0 Å². The number of rotatable bonds is 2. The van der Waals surface area contributed by atoms with E-state index in [0.717, 1.165) is 12.8 Å². The molecule has 15 heavy (non-hydrogen) atoms. The third-order valence-corrected chi connectivity index (χ3v) is 4.06. The summed E-state index contributed by atoms with van der Waals surface area (Å²) in [5, 5.41) is 9.42. The zero-order valence-electron chi connectivity index (χ0n) is 9.11. The molecule has 0 saturated heterocycles. The first kappa shape index (κ1) is 10.8. The largest absolute Gasteiger partial charge is 0.393 e. The minimum atomic E-state index is -0.245. The third-order valence-electron chi connectivity index (χ3n) is 4.06. The monoisotopic (exact) mass is 209 g/mol. The van der Waals surface area contributed by atoms with Crippen molar-refractivity contribution >= 4 is 6.08 Å². The Labute approximate surface area is 90.6 Å². The number of aliphatic imine (C=N–C) groups is 1. The molecule has 0 atom stereocenters. The summed E-state index contributed by atoms with van der Waals surface area (Å²) in [5.74, 6) is 0.504. The predicted octanol–water partition coefficient (Wildman–Crippen LogP) is 2.19. The maximum Gasteiger partial charge on any atom is 0.235 e. The Kier molecular flexibility index (Phi) is 3.22. The van der Waals surface area contributed by atoms with Gasteiger partial charge in [-0.2, -0.15) is 4.99 Å². The van der Waals surface area contributed by atoms with E-state index < -0.39 is 0 Å². The molecule has 0 bridgehead atoms. The van der Waals surface area contributed by atoms with Crippen molar-refractivity contribution in [2.45, 2.75) is 63.0 Å². The van der Waals surface area contributed by atoms with Gasteiger partial charge in [-0.15, -0.1) is 0 Å². The fourth-order valence-corrected chi connectivity index (χ4v) is 3.18. The molecule has 3 nitrogen and oxygen atoms in total. The summed E-state index contributed by atoms with van der Waals surface area (Å²) >= 11 is 0. The van der Waals surface area contributed by atoms with Crippen molar-refractivity contribution in [1.82, 2.24) is 0 Å². The summed E-state index contributed by atoms with van der Waals surface area (Å²) in [6, 6.07) is 0. The maximum atomic E-state index is 10.5. The molecule has 2 aliphatic carbocycles. The zero-order chi connectivity index (χ0) is 10.7. The van der Waals surface area contributed by atoms with E-state index in [-0.39, 0.29) is 11.6 Å². The fourth-order valence-electron chi connectivity index (χ4n) is 3.18. The standard InChI is InChI=1S/C12H19NO2/c14-9-13-12(7-11(15)8-12)10-5-3-1-2-4-6-10/h10-11,15H,1-8H2. The Hall–Kier alpha value is -0.660. The first-order chi connectivity index (χ1) is 7.27. The Morgan fingerprint density at radius 2 is 1.73 bits per heavy atom. The van der Waals surface area contributed by atoms with Gasteiger partial charge in [0.1, 0.15) is 0 Å². The lowest BCUT2D eigenvalue weighted by Crippen LogP contribution is -2.51. The first-order valence-electron chi connectivity index (χ1n) is 6.04. The summed E-state index contributed by atoms with van der Waals surface area (Å²) in [5.41, 5.74) is -0.245. The van der Waals surface area contributed by atoms with Gasteiger partial charge in [0.2, 0.25) is 6.08 Å². The van der Waals surface area contributed by atoms with Crippen LogP contribution in [0, 0.1) is 5.92 Å². The first-order valence-corrected chi connectivity index (χ1v) is 6.04. The van der Waals surface area contributed by atoms with Gasteiger partial charge < -0.3 is 5.11 Å². The third kappa shape index (κ3) is 2.14. The van der Waals surface area contributed by atoms with Gasteiger partial charge in [-0.05, 0) is 31.6 Å². The molecule has 0 radical (unpaired) electrons. The molecule has 1 N–H and O–H groups in total. The van der Waals surface area contributed by atoms with Crippen molar-refractivity contribution in [3.05, 3.63) is 0 Å². The summed E-state index contributed by atoms with van der Waals surface area (Å²) in [6.45, 7) is 0. The van der Waals surface area contributed by atoms with Crippen LogP contribution in [0.5, 0.6) is 0 Å². The second-order valence-electron chi connectivity index (χ2n) is 5.06. The Balaban J connectivity index is 2.06. The minimum absolute atomic E-state index is 0.245. The molecule has 3 heteroatoms. The highest BCUT2D eigenvalue weighted by molar-refractivity contribution is 5.36. The van der Waals surface area contributed by atoms with Crippen molar-refractivity contribution in [2.24, 2.45) is 10.9 Å². The molecule has 0 unspecified atom stereocenters. The maximum absolute atomic E-state index is 10.5. The second-order valence-corrected chi connectivity index (χ2v) is 5.06. The van der Waals surface area contributed by atoms with Crippen molar-refractivity contribution in [1.29, 1.82) is 0 Å². The fraction of sp³-hybridized carbons (Fsp3) is 0.917. The topological polar surface area (TPSA) is 49.7 Å². The van der Waals surface area contributed by atoms with Gasteiger partial charge in [-0.25, -0.2) is 4.79 Å². The van der Waals surface area contributed by atoms with Crippen LogP contribution >= 0.6 is 0 Å². The summed E-state index contributed by atoms with van der Waals surface area (Å²) in [6.07, 6.45) is 10.2. The number of aliphatic hydroxyl groups excluding tert-OH is 1. The number of nitrogens with zero attached hydrogens (tertiary/aromatic N) is 1. The van der Waals surface area contributed by atoms with Gasteiger partial charge in [0.05, 0.1) is 11.6 Å². The molecule has 0 amide bonds. The minimum Gasteiger partial charge on any atom is -0.393 e. The van der Waals surface area contributed by atoms with Crippen molar-refractivity contribution in [3.63, 3.8) is 0 Å². The van der Waals surface area contributed by atoms with E-state index >= 15 is 0 Å². The summed E-state index contributed by atoms with van der Waals surface area (Å²) in [4.78, 5) is 14.5. The average molecular weight is 209 g/mol. The molecule has 0 aromatic carbocycles. The lowest BCUT2D eigenvalue weighted by atomic mass is 9.64. The lowest BCUT2D eigenvalue weighted by Gasteiger charge is -2.46. The van der Waals surface area contributed by atoms with E-state index in [1.54, 1.807) is 6.08 Å². The average Bonchev–Trinajstić information content (AvgIpc) is 2.43. The number of hydrogen-bond acceptors (Lipinski definition) is 3. The number of isocyanates is 1. The Morgan fingerprint density at radius 1 is 1.13 bits per heavy atom. The highest BCUT2D eigenvalue weighted by Gasteiger charge is 2.49. The smallest absolute Gasteiger partial charge is 0.235 e. The second kappa shape index (κ2) is 4.46.